The molecule has 0 aliphatic rings. The molecule has 0 spiro atoms. The summed E-state index contributed by atoms with van der Waals surface area (Å²) in [6.07, 6.45) is -0.284. The number of benzene rings is 1. The molecule has 1 atom stereocenters. The van der Waals surface area contributed by atoms with Gasteiger partial charge < -0.3 is 10.1 Å². The average molecular weight is 387 g/mol. The van der Waals surface area contributed by atoms with E-state index in [1.165, 1.54) is 12.1 Å². The summed E-state index contributed by atoms with van der Waals surface area (Å²) in [5.74, 6) is -0.214. The number of carbonyl (C=O) groups is 2. The maximum absolute atomic E-state index is 12.0. The molecule has 23 heavy (non-hydrogen) atoms. The summed E-state index contributed by atoms with van der Waals surface area (Å²) in [6.45, 7) is 5.04. The minimum absolute atomic E-state index is 0.00205. The number of nitro benzene ring substituents is 1. The van der Waals surface area contributed by atoms with Gasteiger partial charge in [0.05, 0.1) is 16.3 Å². The highest BCUT2D eigenvalue weighted by molar-refractivity contribution is 9.10. The molecule has 1 unspecified atom stereocenters. The number of Topliss-reactive ketones (excluding diaryl/α,β-unsaturated/α-hetero) is 1. The number of nitro groups is 1. The molecule has 8 heteroatoms. The van der Waals surface area contributed by atoms with Gasteiger partial charge in [0.15, 0.2) is 5.78 Å². The summed E-state index contributed by atoms with van der Waals surface area (Å²) in [5, 5.41) is 13.0. The first kappa shape index (κ1) is 19.1. The maximum Gasteiger partial charge on any atom is 0.408 e. The second-order valence-electron chi connectivity index (χ2n) is 5.92. The third-order valence-electron chi connectivity index (χ3n) is 2.72. The summed E-state index contributed by atoms with van der Waals surface area (Å²) in [5.41, 5.74) is 0.153. The van der Waals surface area contributed by atoms with Crippen molar-refractivity contribution >= 4 is 33.5 Å². The summed E-state index contributed by atoms with van der Waals surface area (Å²) >= 11 is 3.26. The van der Waals surface area contributed by atoms with Crippen molar-refractivity contribution in [3.63, 3.8) is 0 Å². The van der Waals surface area contributed by atoms with Gasteiger partial charge in [-0.15, -0.1) is 0 Å². The minimum atomic E-state index is -0.652. The van der Waals surface area contributed by atoms with E-state index in [-0.39, 0.29) is 18.0 Å². The molecule has 0 aliphatic heterocycles. The molecule has 1 N–H and O–H groups in total. The van der Waals surface area contributed by atoms with Gasteiger partial charge in [0.1, 0.15) is 5.60 Å². The van der Waals surface area contributed by atoms with E-state index < -0.39 is 21.4 Å². The number of hydrogen-bond donors (Lipinski definition) is 1. The lowest BCUT2D eigenvalue weighted by molar-refractivity contribution is -0.384. The van der Waals surface area contributed by atoms with Gasteiger partial charge in [0, 0.05) is 12.1 Å². The van der Waals surface area contributed by atoms with Crippen LogP contribution in [0.25, 0.3) is 0 Å². The zero-order valence-electron chi connectivity index (χ0n) is 13.2. The van der Waals surface area contributed by atoms with E-state index in [9.17, 15) is 19.7 Å². The van der Waals surface area contributed by atoms with Crippen LogP contribution in [-0.4, -0.2) is 33.8 Å². The molecule has 7 nitrogen and oxygen atoms in total. The number of rotatable bonds is 6. The number of nitrogens with one attached hydrogen (secondary N) is 1. The lowest BCUT2D eigenvalue weighted by atomic mass is 10.1. The maximum atomic E-state index is 12.0. The molecule has 1 amide bonds. The topological polar surface area (TPSA) is 98.5 Å². The van der Waals surface area contributed by atoms with E-state index in [1.807, 2.05) is 0 Å². The molecule has 0 saturated carbocycles. The fourth-order valence-electron chi connectivity index (χ4n) is 1.66. The van der Waals surface area contributed by atoms with E-state index in [2.05, 4.69) is 21.2 Å². The first-order chi connectivity index (χ1) is 10.6. The molecule has 0 saturated heterocycles. The average Bonchev–Trinajstić information content (AvgIpc) is 2.43. The Morgan fingerprint density at radius 1 is 1.30 bits per heavy atom. The van der Waals surface area contributed by atoms with Crippen LogP contribution in [0.2, 0.25) is 0 Å². The Morgan fingerprint density at radius 3 is 2.35 bits per heavy atom. The molecule has 1 rings (SSSR count). The number of hydrogen-bond acceptors (Lipinski definition) is 5. The standard InChI is InChI=1S/C15H19BrN2O5/c1-15(2,3)23-14(20)17-9-13(19)12(16)8-10-4-6-11(7-5-10)18(21)22/h4-7,12H,8-9H2,1-3H3,(H,17,20). The second kappa shape index (κ2) is 8.05. The summed E-state index contributed by atoms with van der Waals surface area (Å²) in [4.78, 5) is 33.0. The number of amides is 1. The number of halogens is 1. The lowest BCUT2D eigenvalue weighted by Gasteiger charge is -2.19. The summed E-state index contributed by atoms with van der Waals surface area (Å²) in [7, 11) is 0. The molecule has 0 aliphatic carbocycles. The predicted molar refractivity (Wildman–Crippen MR) is 88.8 cm³/mol. The van der Waals surface area contributed by atoms with Gasteiger partial charge >= 0.3 is 6.09 Å². The Hall–Kier alpha value is -1.96. The van der Waals surface area contributed by atoms with Gasteiger partial charge in [-0.3, -0.25) is 14.9 Å². The van der Waals surface area contributed by atoms with Gasteiger partial charge in [-0.1, -0.05) is 28.1 Å². The number of carbonyl (C=O) groups excluding carboxylic acids is 2. The van der Waals surface area contributed by atoms with Crippen LogP contribution in [-0.2, 0) is 16.0 Å². The SMILES string of the molecule is CC(C)(C)OC(=O)NCC(=O)C(Br)Cc1ccc([N+](=O)[O-])cc1. The van der Waals surface area contributed by atoms with Crippen molar-refractivity contribution in [2.75, 3.05) is 6.54 Å². The molecule has 0 heterocycles. The largest absolute Gasteiger partial charge is 0.444 e. The van der Waals surface area contributed by atoms with Crippen molar-refractivity contribution in [2.24, 2.45) is 0 Å². The van der Waals surface area contributed by atoms with Crippen molar-refractivity contribution in [1.82, 2.24) is 5.32 Å². The zero-order valence-corrected chi connectivity index (χ0v) is 14.8. The Morgan fingerprint density at radius 2 is 1.87 bits per heavy atom. The predicted octanol–water partition coefficient (Wildman–Crippen LogP) is 2.99. The molecule has 1 aromatic rings. The summed E-state index contributed by atoms with van der Waals surface area (Å²) < 4.78 is 5.04. The lowest BCUT2D eigenvalue weighted by Crippen LogP contribution is -2.37. The number of nitrogens with zero attached hydrogens (tertiary/aromatic N) is 1. The Bertz CT molecular complexity index is 581. The van der Waals surface area contributed by atoms with Gasteiger partial charge in [-0.2, -0.15) is 0 Å². The first-order valence-corrected chi connectivity index (χ1v) is 7.87. The molecular weight excluding hydrogens is 368 g/mol. The zero-order chi connectivity index (χ0) is 17.6. The van der Waals surface area contributed by atoms with Crippen LogP contribution in [0.5, 0.6) is 0 Å². The normalized spacial score (nSPS) is 12.3. The highest BCUT2D eigenvalue weighted by Crippen LogP contribution is 2.16. The molecule has 0 radical (unpaired) electrons. The summed E-state index contributed by atoms with van der Waals surface area (Å²) in [6, 6.07) is 5.97. The van der Waals surface area contributed by atoms with Crippen LogP contribution < -0.4 is 5.32 Å². The fourth-order valence-corrected chi connectivity index (χ4v) is 2.19. The van der Waals surface area contributed by atoms with Gasteiger partial charge in [-0.25, -0.2) is 4.79 Å². The molecule has 0 bridgehead atoms. The smallest absolute Gasteiger partial charge is 0.408 e. The number of ketones is 1. The van der Waals surface area contributed by atoms with Crippen molar-refractivity contribution < 1.29 is 19.2 Å². The van der Waals surface area contributed by atoms with Gasteiger partial charge in [0.25, 0.3) is 5.69 Å². The van der Waals surface area contributed by atoms with Crippen molar-refractivity contribution in [2.45, 2.75) is 37.6 Å². The second-order valence-corrected chi connectivity index (χ2v) is 7.02. The van der Waals surface area contributed by atoms with Crippen molar-refractivity contribution in [1.29, 1.82) is 0 Å². The number of ether oxygens (including phenoxy) is 1. The van der Waals surface area contributed by atoms with Crippen molar-refractivity contribution in [3.8, 4) is 0 Å². The highest BCUT2D eigenvalue weighted by atomic mass is 79.9. The van der Waals surface area contributed by atoms with Gasteiger partial charge in [-0.05, 0) is 32.8 Å². The Kier molecular flexibility index (Phi) is 6.68. The van der Waals surface area contributed by atoms with E-state index in [0.29, 0.717) is 6.42 Å². The van der Waals surface area contributed by atoms with Crippen LogP contribution in [0.4, 0.5) is 10.5 Å². The number of non-ortho nitro benzene ring substituents is 1. The van der Waals surface area contributed by atoms with Crippen LogP contribution >= 0.6 is 15.9 Å². The first-order valence-electron chi connectivity index (χ1n) is 6.95. The molecular formula is C15H19BrN2O5. The number of alkyl carbamates (subject to hydrolysis) is 1. The molecule has 1 aromatic carbocycles. The van der Waals surface area contributed by atoms with Crippen LogP contribution in [0.15, 0.2) is 24.3 Å². The van der Waals surface area contributed by atoms with E-state index >= 15 is 0 Å². The quantitative estimate of drug-likeness (QED) is 0.460. The van der Waals surface area contributed by atoms with E-state index in [1.54, 1.807) is 32.9 Å². The van der Waals surface area contributed by atoms with Crippen molar-refractivity contribution in [3.05, 3.63) is 39.9 Å². The minimum Gasteiger partial charge on any atom is -0.444 e. The van der Waals surface area contributed by atoms with Crippen LogP contribution in [0.3, 0.4) is 0 Å². The fraction of sp³-hybridized carbons (Fsp3) is 0.467. The van der Waals surface area contributed by atoms with Crippen LogP contribution in [0.1, 0.15) is 26.3 Å². The van der Waals surface area contributed by atoms with E-state index in [0.717, 1.165) is 5.56 Å². The van der Waals surface area contributed by atoms with Crippen LogP contribution in [0, 0.1) is 10.1 Å². The van der Waals surface area contributed by atoms with Gasteiger partial charge in [0.2, 0.25) is 0 Å². The molecule has 0 fully saturated rings. The molecule has 126 valence electrons. The Labute approximate surface area is 142 Å². The highest BCUT2D eigenvalue weighted by Gasteiger charge is 2.20. The third kappa shape index (κ3) is 7.23. The Balaban J connectivity index is 2.47. The van der Waals surface area contributed by atoms with E-state index in [4.69, 9.17) is 4.74 Å². The molecule has 0 aromatic heterocycles. The number of alkyl halides is 1. The monoisotopic (exact) mass is 386 g/mol. The third-order valence-corrected chi connectivity index (χ3v) is 3.55.